The van der Waals surface area contributed by atoms with Crippen LogP contribution in [0.4, 0.5) is 10.1 Å². The minimum atomic E-state index is -0.460. The van der Waals surface area contributed by atoms with E-state index in [2.05, 4.69) is 15.5 Å². The molecule has 0 bridgehead atoms. The van der Waals surface area contributed by atoms with E-state index in [4.69, 9.17) is 4.52 Å². The third-order valence-electron chi connectivity index (χ3n) is 4.25. The SMILES string of the molecule is Cc1ccc(NC(=O)c2cc(C3CC3)nc3onc(C)c23)c(F)c1. The molecule has 1 saturated carbocycles. The van der Waals surface area contributed by atoms with E-state index in [1.807, 2.05) is 0 Å². The van der Waals surface area contributed by atoms with Crippen LogP contribution in [0.15, 0.2) is 28.8 Å². The molecule has 5 nitrogen and oxygen atoms in total. The zero-order valence-electron chi connectivity index (χ0n) is 13.4. The van der Waals surface area contributed by atoms with Gasteiger partial charge in [-0.25, -0.2) is 9.37 Å². The largest absolute Gasteiger partial charge is 0.336 e. The van der Waals surface area contributed by atoms with Crippen molar-refractivity contribution in [3.8, 4) is 0 Å². The van der Waals surface area contributed by atoms with E-state index in [-0.39, 0.29) is 5.69 Å². The molecule has 0 radical (unpaired) electrons. The van der Waals surface area contributed by atoms with Gasteiger partial charge in [0, 0.05) is 11.6 Å². The lowest BCUT2D eigenvalue weighted by molar-refractivity contribution is 0.102. The number of rotatable bonds is 3. The van der Waals surface area contributed by atoms with E-state index in [1.54, 1.807) is 32.0 Å². The molecule has 0 atom stereocenters. The molecule has 2 aromatic heterocycles. The number of aromatic nitrogens is 2. The van der Waals surface area contributed by atoms with Gasteiger partial charge in [0.2, 0.25) is 0 Å². The molecule has 3 aromatic rings. The van der Waals surface area contributed by atoms with Crippen molar-refractivity contribution in [1.29, 1.82) is 0 Å². The summed E-state index contributed by atoms with van der Waals surface area (Å²) in [5.74, 6) is -0.487. The summed E-state index contributed by atoms with van der Waals surface area (Å²) in [4.78, 5) is 17.2. The van der Waals surface area contributed by atoms with Crippen LogP contribution < -0.4 is 5.32 Å². The number of carbonyl (C=O) groups excluding carboxylic acids is 1. The van der Waals surface area contributed by atoms with Gasteiger partial charge in [-0.3, -0.25) is 4.79 Å². The number of nitrogens with zero attached hydrogens (tertiary/aromatic N) is 2. The molecule has 1 aliphatic carbocycles. The summed E-state index contributed by atoms with van der Waals surface area (Å²) in [6, 6.07) is 6.47. The predicted octanol–water partition coefficient (Wildman–Crippen LogP) is 4.11. The molecular formula is C18H16FN3O2. The van der Waals surface area contributed by atoms with Crippen LogP contribution in [0.3, 0.4) is 0 Å². The maximum Gasteiger partial charge on any atom is 0.259 e. The van der Waals surface area contributed by atoms with Gasteiger partial charge in [-0.15, -0.1) is 0 Å². The van der Waals surface area contributed by atoms with E-state index < -0.39 is 11.7 Å². The predicted molar refractivity (Wildman–Crippen MR) is 87.6 cm³/mol. The number of benzene rings is 1. The Labute approximate surface area is 137 Å². The molecule has 1 aliphatic rings. The summed E-state index contributed by atoms with van der Waals surface area (Å²) in [5, 5.41) is 7.12. The van der Waals surface area contributed by atoms with Crippen molar-refractivity contribution in [2.75, 3.05) is 5.32 Å². The summed E-state index contributed by atoms with van der Waals surface area (Å²) in [6.45, 7) is 3.55. The standard InChI is InChI=1S/C18H16FN3O2/c1-9-3-6-14(13(19)7-9)20-17(23)12-8-15(11-4-5-11)21-18-16(12)10(2)22-24-18/h3,6-8,11H,4-5H2,1-2H3,(H,20,23). The zero-order valence-corrected chi connectivity index (χ0v) is 13.4. The molecule has 0 spiro atoms. The van der Waals surface area contributed by atoms with Gasteiger partial charge in [0.1, 0.15) is 5.82 Å². The number of pyridine rings is 1. The summed E-state index contributed by atoms with van der Waals surface area (Å²) < 4.78 is 19.3. The lowest BCUT2D eigenvalue weighted by atomic mass is 10.1. The molecule has 0 unspecified atom stereocenters. The minimum Gasteiger partial charge on any atom is -0.336 e. The van der Waals surface area contributed by atoms with E-state index in [9.17, 15) is 9.18 Å². The number of amides is 1. The summed E-state index contributed by atoms with van der Waals surface area (Å²) in [7, 11) is 0. The van der Waals surface area contributed by atoms with Crippen molar-refractivity contribution >= 4 is 22.7 Å². The number of fused-ring (bicyclic) bond motifs is 1. The number of hydrogen-bond acceptors (Lipinski definition) is 4. The van der Waals surface area contributed by atoms with Gasteiger partial charge in [-0.2, -0.15) is 0 Å². The highest BCUT2D eigenvalue weighted by Gasteiger charge is 2.28. The van der Waals surface area contributed by atoms with Crippen LogP contribution in [-0.4, -0.2) is 16.0 Å². The number of nitrogens with one attached hydrogen (secondary N) is 1. The number of halogens is 1. The smallest absolute Gasteiger partial charge is 0.259 e. The average Bonchev–Trinajstić information content (AvgIpc) is 3.33. The third kappa shape index (κ3) is 2.54. The van der Waals surface area contributed by atoms with E-state index in [0.717, 1.165) is 24.1 Å². The molecule has 2 heterocycles. The van der Waals surface area contributed by atoms with E-state index in [0.29, 0.717) is 28.3 Å². The number of hydrogen-bond donors (Lipinski definition) is 1. The van der Waals surface area contributed by atoms with Gasteiger partial charge in [0.25, 0.3) is 11.6 Å². The fourth-order valence-corrected chi connectivity index (χ4v) is 2.79. The van der Waals surface area contributed by atoms with Crippen LogP contribution in [-0.2, 0) is 0 Å². The molecular weight excluding hydrogens is 309 g/mol. The molecule has 0 saturated heterocycles. The summed E-state index contributed by atoms with van der Waals surface area (Å²) >= 11 is 0. The Bertz CT molecular complexity index is 960. The van der Waals surface area contributed by atoms with E-state index >= 15 is 0 Å². The van der Waals surface area contributed by atoms with Crippen molar-refractivity contribution < 1.29 is 13.7 Å². The van der Waals surface area contributed by atoms with Gasteiger partial charge < -0.3 is 9.84 Å². The highest BCUT2D eigenvalue weighted by molar-refractivity contribution is 6.12. The van der Waals surface area contributed by atoms with Gasteiger partial charge in [-0.05, 0) is 50.5 Å². The Hall–Kier alpha value is -2.76. The number of aryl methyl sites for hydroxylation is 2. The molecule has 122 valence electrons. The molecule has 6 heteroatoms. The highest BCUT2D eigenvalue weighted by atomic mass is 19.1. The Kier molecular flexibility index (Phi) is 3.33. The molecule has 1 amide bonds. The molecule has 24 heavy (non-hydrogen) atoms. The van der Waals surface area contributed by atoms with Gasteiger partial charge in [-0.1, -0.05) is 11.2 Å². The van der Waals surface area contributed by atoms with Gasteiger partial charge in [0.05, 0.1) is 22.3 Å². The fourth-order valence-electron chi connectivity index (χ4n) is 2.79. The topological polar surface area (TPSA) is 68.0 Å². The first kappa shape index (κ1) is 14.8. The first-order valence-electron chi connectivity index (χ1n) is 7.87. The quantitative estimate of drug-likeness (QED) is 0.787. The summed E-state index contributed by atoms with van der Waals surface area (Å²) in [6.07, 6.45) is 2.11. The van der Waals surface area contributed by atoms with Crippen LogP contribution in [0.1, 0.15) is 46.1 Å². The van der Waals surface area contributed by atoms with Crippen LogP contribution in [0.5, 0.6) is 0 Å². The second-order valence-electron chi connectivity index (χ2n) is 6.25. The van der Waals surface area contributed by atoms with Crippen LogP contribution in [0.25, 0.3) is 11.1 Å². The Balaban J connectivity index is 1.76. The van der Waals surface area contributed by atoms with Gasteiger partial charge >= 0.3 is 0 Å². The van der Waals surface area contributed by atoms with Crippen molar-refractivity contribution in [2.24, 2.45) is 0 Å². The lowest BCUT2D eigenvalue weighted by Crippen LogP contribution is -2.14. The normalized spacial score (nSPS) is 14.1. The maximum atomic E-state index is 14.0. The third-order valence-corrected chi connectivity index (χ3v) is 4.25. The maximum absolute atomic E-state index is 14.0. The fraction of sp³-hybridized carbons (Fsp3) is 0.278. The number of anilines is 1. The molecule has 1 fully saturated rings. The van der Waals surface area contributed by atoms with Crippen LogP contribution in [0.2, 0.25) is 0 Å². The lowest BCUT2D eigenvalue weighted by Gasteiger charge is -2.09. The van der Waals surface area contributed by atoms with Gasteiger partial charge in [0.15, 0.2) is 0 Å². The zero-order chi connectivity index (χ0) is 16.8. The van der Waals surface area contributed by atoms with E-state index in [1.165, 1.54) is 6.07 Å². The molecule has 1 N–H and O–H groups in total. The van der Waals surface area contributed by atoms with Crippen molar-refractivity contribution in [2.45, 2.75) is 32.6 Å². The monoisotopic (exact) mass is 325 g/mol. The number of carbonyl (C=O) groups is 1. The van der Waals surface area contributed by atoms with Crippen LogP contribution >= 0.6 is 0 Å². The molecule has 1 aromatic carbocycles. The Morgan fingerprint density at radius 2 is 2.08 bits per heavy atom. The second-order valence-corrected chi connectivity index (χ2v) is 6.25. The first-order valence-corrected chi connectivity index (χ1v) is 7.87. The highest BCUT2D eigenvalue weighted by Crippen LogP contribution is 2.40. The van der Waals surface area contributed by atoms with Crippen molar-refractivity contribution in [3.63, 3.8) is 0 Å². The Morgan fingerprint density at radius 3 is 2.79 bits per heavy atom. The molecule has 4 rings (SSSR count). The Morgan fingerprint density at radius 1 is 1.29 bits per heavy atom. The molecule has 0 aliphatic heterocycles. The first-order chi connectivity index (χ1) is 11.5. The summed E-state index contributed by atoms with van der Waals surface area (Å²) in [5.41, 5.74) is 3.13. The van der Waals surface area contributed by atoms with Crippen molar-refractivity contribution in [3.05, 3.63) is 52.6 Å². The second kappa shape index (κ2) is 5.40. The average molecular weight is 325 g/mol. The van der Waals surface area contributed by atoms with Crippen molar-refractivity contribution in [1.82, 2.24) is 10.1 Å². The van der Waals surface area contributed by atoms with Crippen LogP contribution in [0, 0.1) is 19.7 Å². The minimum absolute atomic E-state index is 0.151.